The molecular formula is C21H28O12. The Morgan fingerprint density at radius 2 is 1.82 bits per heavy atom. The van der Waals surface area contributed by atoms with Gasteiger partial charge in [-0.05, 0) is 25.0 Å². The van der Waals surface area contributed by atoms with Crippen LogP contribution in [0.15, 0.2) is 11.6 Å². The van der Waals surface area contributed by atoms with Gasteiger partial charge in [-0.1, -0.05) is 6.92 Å². The molecule has 1 saturated carbocycles. The molecular weight excluding hydrogens is 444 g/mol. The first-order chi connectivity index (χ1) is 15.4. The third-order valence-corrected chi connectivity index (χ3v) is 8.47. The fraction of sp³-hybridized carbons (Fsp3) is 0.810. The summed E-state index contributed by atoms with van der Waals surface area (Å²) in [7, 11) is 0. The van der Waals surface area contributed by atoms with E-state index in [1.807, 2.05) is 0 Å². The number of hydrogen-bond donors (Lipinski definition) is 6. The van der Waals surface area contributed by atoms with Gasteiger partial charge in [0, 0.05) is 5.41 Å². The first kappa shape index (κ1) is 23.3. The summed E-state index contributed by atoms with van der Waals surface area (Å²) in [5.41, 5.74) is -3.13. The first-order valence-electron chi connectivity index (χ1n) is 10.8. The summed E-state index contributed by atoms with van der Waals surface area (Å²) in [6, 6.07) is 0. The average Bonchev–Trinajstić information content (AvgIpc) is 3.53. The third-order valence-electron chi connectivity index (χ3n) is 8.47. The Bertz CT molecular complexity index is 900. The highest BCUT2D eigenvalue weighted by Crippen LogP contribution is 2.71. The molecule has 2 aliphatic carbocycles. The predicted molar refractivity (Wildman–Crippen MR) is 104 cm³/mol. The molecule has 3 heterocycles. The second-order valence-electron chi connectivity index (χ2n) is 9.96. The van der Waals surface area contributed by atoms with Crippen molar-refractivity contribution in [3.05, 3.63) is 11.6 Å². The summed E-state index contributed by atoms with van der Waals surface area (Å²) in [5.74, 6) is -2.12. The van der Waals surface area contributed by atoms with Crippen molar-refractivity contribution in [2.45, 2.75) is 81.0 Å². The Morgan fingerprint density at radius 3 is 2.42 bits per heavy atom. The number of epoxide rings is 1. The maximum absolute atomic E-state index is 12.9. The highest BCUT2D eigenvalue weighted by molar-refractivity contribution is 6.00. The summed E-state index contributed by atoms with van der Waals surface area (Å²) in [6.45, 7) is 3.12. The number of Topliss-reactive ketones (excluding diaryl/α,β-unsaturated/α-hetero) is 1. The van der Waals surface area contributed by atoms with E-state index < -0.39 is 89.9 Å². The van der Waals surface area contributed by atoms with Crippen LogP contribution in [0.3, 0.4) is 0 Å². The van der Waals surface area contributed by atoms with Crippen LogP contribution in [0, 0.1) is 10.8 Å². The van der Waals surface area contributed by atoms with E-state index >= 15 is 0 Å². The summed E-state index contributed by atoms with van der Waals surface area (Å²) < 4.78 is 22.9. The largest absolute Gasteiger partial charge is 0.479 e. The topological polar surface area (TPSA) is 196 Å². The molecule has 4 fully saturated rings. The number of carboxylic acids is 1. The maximum Gasteiger partial charge on any atom is 0.335 e. The number of ketones is 1. The molecule has 3 aliphatic heterocycles. The third kappa shape index (κ3) is 2.78. The lowest BCUT2D eigenvalue weighted by Gasteiger charge is -2.59. The molecule has 0 aromatic carbocycles. The number of carboxylic acid groups (broad SMARTS) is 1. The number of carbonyl (C=O) groups is 2. The highest BCUT2D eigenvalue weighted by atomic mass is 16.7. The van der Waals surface area contributed by atoms with E-state index in [0.717, 1.165) is 0 Å². The summed E-state index contributed by atoms with van der Waals surface area (Å²) >= 11 is 0. The van der Waals surface area contributed by atoms with Gasteiger partial charge in [-0.25, -0.2) is 4.79 Å². The van der Waals surface area contributed by atoms with Gasteiger partial charge in [-0.3, -0.25) is 4.79 Å². The van der Waals surface area contributed by atoms with Gasteiger partial charge in [-0.2, -0.15) is 0 Å². The van der Waals surface area contributed by atoms with Crippen LogP contribution in [0.4, 0.5) is 0 Å². The number of fused-ring (bicyclic) bond motifs is 2. The first-order valence-corrected chi connectivity index (χ1v) is 10.8. The van der Waals surface area contributed by atoms with Crippen LogP contribution in [0.1, 0.15) is 20.3 Å². The Hall–Kier alpha value is -1.48. The molecule has 5 unspecified atom stereocenters. The van der Waals surface area contributed by atoms with Gasteiger partial charge >= 0.3 is 5.97 Å². The standard InChI is InChI=1S/C21H28O12/c1-7-3-9-20(15(27)10(7)23,19(2)4-8(22)16(32-9)21(19)6-31-21)5-30-18-13(26)11(24)12(25)14(33-18)17(28)29/h3,8-9,11-16,18,22,24-27H,4-6H2,1-2H3,(H,28,29)/t8-,9-,11?,12?,13?,14?,15-,16-,18?,19-,20-,21+/m1/s1. The van der Waals surface area contributed by atoms with Gasteiger partial charge in [0.05, 0.1) is 30.8 Å². The summed E-state index contributed by atoms with van der Waals surface area (Å²) in [6.07, 6.45) is -11.5. The molecule has 0 amide bonds. The quantitative estimate of drug-likeness (QED) is 0.228. The second-order valence-corrected chi connectivity index (χ2v) is 9.96. The van der Waals surface area contributed by atoms with E-state index in [4.69, 9.17) is 18.9 Å². The van der Waals surface area contributed by atoms with Crippen LogP contribution in [0.25, 0.3) is 0 Å². The van der Waals surface area contributed by atoms with Crippen molar-refractivity contribution in [2.24, 2.45) is 10.8 Å². The van der Waals surface area contributed by atoms with Crippen molar-refractivity contribution < 1.29 is 59.2 Å². The Labute approximate surface area is 188 Å². The van der Waals surface area contributed by atoms with Crippen molar-refractivity contribution in [1.82, 2.24) is 0 Å². The molecule has 2 bridgehead atoms. The molecule has 1 spiro atoms. The SMILES string of the molecule is CC1=C[C@H]2O[C@@H]3[C@H](O)C[C@](C)([C@@]2(COC2OC(C(=O)O)C(O)C(O)C2O)[C@H](O)C1=O)[C@]31CO1. The lowest BCUT2D eigenvalue weighted by molar-refractivity contribution is -0.318. The van der Waals surface area contributed by atoms with E-state index in [1.54, 1.807) is 19.9 Å². The van der Waals surface area contributed by atoms with Gasteiger partial charge in [0.1, 0.15) is 36.1 Å². The smallest absolute Gasteiger partial charge is 0.335 e. The average molecular weight is 472 g/mol. The zero-order valence-electron chi connectivity index (χ0n) is 18.0. The lowest BCUT2D eigenvalue weighted by atomic mass is 9.50. The van der Waals surface area contributed by atoms with Crippen molar-refractivity contribution in [3.63, 3.8) is 0 Å². The zero-order valence-corrected chi connectivity index (χ0v) is 18.0. The number of carbonyl (C=O) groups excluding carboxylic acids is 1. The van der Waals surface area contributed by atoms with E-state index in [9.17, 15) is 40.2 Å². The Kier molecular flexibility index (Phi) is 5.12. The lowest BCUT2D eigenvalue weighted by Crippen LogP contribution is -2.71. The normalized spacial score (nSPS) is 55.3. The van der Waals surface area contributed by atoms with Crippen LogP contribution in [0.5, 0.6) is 0 Å². The second kappa shape index (κ2) is 7.26. The van der Waals surface area contributed by atoms with E-state index in [1.165, 1.54) is 0 Å². The molecule has 0 radical (unpaired) electrons. The Morgan fingerprint density at radius 1 is 1.15 bits per heavy atom. The highest BCUT2D eigenvalue weighted by Gasteiger charge is 2.83. The summed E-state index contributed by atoms with van der Waals surface area (Å²) in [4.78, 5) is 24.3. The molecule has 5 aliphatic rings. The molecule has 33 heavy (non-hydrogen) atoms. The molecule has 0 aromatic heterocycles. The molecule has 184 valence electrons. The number of aliphatic hydroxyl groups excluding tert-OH is 5. The molecule has 3 saturated heterocycles. The summed E-state index contributed by atoms with van der Waals surface area (Å²) in [5, 5.41) is 61.6. The van der Waals surface area contributed by atoms with Gasteiger partial charge < -0.3 is 49.6 Å². The van der Waals surface area contributed by atoms with Crippen molar-refractivity contribution in [2.75, 3.05) is 13.2 Å². The van der Waals surface area contributed by atoms with Crippen LogP contribution < -0.4 is 0 Å². The van der Waals surface area contributed by atoms with Crippen LogP contribution in [-0.2, 0) is 28.5 Å². The monoisotopic (exact) mass is 472 g/mol. The minimum absolute atomic E-state index is 0.141. The Balaban J connectivity index is 1.52. The van der Waals surface area contributed by atoms with Gasteiger partial charge in [-0.15, -0.1) is 0 Å². The van der Waals surface area contributed by atoms with Gasteiger partial charge in [0.2, 0.25) is 0 Å². The number of ether oxygens (including phenoxy) is 4. The molecule has 12 heteroatoms. The van der Waals surface area contributed by atoms with Crippen LogP contribution in [-0.4, -0.2) is 116 Å². The molecule has 12 nitrogen and oxygen atoms in total. The predicted octanol–water partition coefficient (Wildman–Crippen LogP) is -2.92. The van der Waals surface area contributed by atoms with Gasteiger partial charge in [0.15, 0.2) is 18.2 Å². The number of aliphatic carboxylic acids is 1. The fourth-order valence-corrected chi connectivity index (χ4v) is 6.40. The number of hydrogen-bond acceptors (Lipinski definition) is 11. The van der Waals surface area contributed by atoms with Crippen LogP contribution in [0.2, 0.25) is 0 Å². The van der Waals surface area contributed by atoms with Crippen molar-refractivity contribution in [1.29, 1.82) is 0 Å². The van der Waals surface area contributed by atoms with E-state index in [0.29, 0.717) is 0 Å². The molecule has 6 N–H and O–H groups in total. The molecule has 0 aromatic rings. The van der Waals surface area contributed by atoms with Crippen molar-refractivity contribution >= 4 is 11.8 Å². The molecule has 5 rings (SSSR count). The van der Waals surface area contributed by atoms with E-state index in [2.05, 4.69) is 0 Å². The van der Waals surface area contributed by atoms with E-state index in [-0.39, 0.29) is 18.6 Å². The fourth-order valence-electron chi connectivity index (χ4n) is 6.40. The van der Waals surface area contributed by atoms with Crippen molar-refractivity contribution in [3.8, 4) is 0 Å². The van der Waals surface area contributed by atoms with Gasteiger partial charge in [0.25, 0.3) is 0 Å². The number of rotatable bonds is 4. The molecule has 12 atom stereocenters. The maximum atomic E-state index is 12.9. The minimum Gasteiger partial charge on any atom is -0.479 e. The zero-order chi connectivity index (χ0) is 24.1. The minimum atomic E-state index is -1.89. The number of aliphatic hydroxyl groups is 5. The van der Waals surface area contributed by atoms with Crippen LogP contribution >= 0.6 is 0 Å².